The average molecular weight is 503 g/mol. The number of amides is 2. The lowest BCUT2D eigenvalue weighted by Crippen LogP contribution is -2.51. The number of anilines is 1. The van der Waals surface area contributed by atoms with Gasteiger partial charge in [0.25, 0.3) is 5.56 Å². The van der Waals surface area contributed by atoms with Crippen LogP contribution in [-0.2, 0) is 15.1 Å². The predicted molar refractivity (Wildman–Crippen MR) is 143 cm³/mol. The molecule has 0 bridgehead atoms. The Morgan fingerprint density at radius 2 is 1.68 bits per heavy atom. The summed E-state index contributed by atoms with van der Waals surface area (Å²) < 4.78 is 1.70. The van der Waals surface area contributed by atoms with Gasteiger partial charge in [-0.1, -0.05) is 36.4 Å². The number of aromatic nitrogens is 2. The Labute approximate surface area is 219 Å². The van der Waals surface area contributed by atoms with Gasteiger partial charge in [-0.2, -0.15) is 0 Å². The van der Waals surface area contributed by atoms with Gasteiger partial charge >= 0.3 is 0 Å². The Kier molecular flexibility index (Phi) is 4.19. The van der Waals surface area contributed by atoms with E-state index in [1.807, 2.05) is 74.5 Å². The molecule has 4 aliphatic heterocycles. The van der Waals surface area contributed by atoms with E-state index >= 15 is 0 Å². The summed E-state index contributed by atoms with van der Waals surface area (Å²) in [5.74, 6) is -0.941. The van der Waals surface area contributed by atoms with E-state index in [0.717, 1.165) is 41.8 Å². The molecular weight excluding hydrogens is 476 g/mol. The minimum atomic E-state index is -0.979. The van der Waals surface area contributed by atoms with Crippen LogP contribution in [-0.4, -0.2) is 38.9 Å². The lowest BCUT2D eigenvalue weighted by atomic mass is 9.75. The molecule has 4 atom stereocenters. The molecule has 3 fully saturated rings. The van der Waals surface area contributed by atoms with Gasteiger partial charge in [-0.3, -0.25) is 23.9 Å². The van der Waals surface area contributed by atoms with Gasteiger partial charge in [0.05, 0.1) is 34.1 Å². The zero-order chi connectivity index (χ0) is 25.9. The number of hydrogen-bond donors (Lipinski definition) is 0. The van der Waals surface area contributed by atoms with E-state index in [1.165, 1.54) is 4.90 Å². The summed E-state index contributed by atoms with van der Waals surface area (Å²) in [6.07, 6.45) is 1.77. The Balaban J connectivity index is 1.44. The van der Waals surface area contributed by atoms with Crippen molar-refractivity contribution in [3.8, 4) is 5.69 Å². The third-order valence-corrected chi connectivity index (χ3v) is 9.39. The Morgan fingerprint density at radius 1 is 0.895 bits per heavy atom. The molecule has 0 unspecified atom stereocenters. The van der Waals surface area contributed by atoms with E-state index < -0.39 is 17.4 Å². The molecule has 4 aliphatic rings. The molecule has 0 radical (unpaired) electrons. The van der Waals surface area contributed by atoms with Crippen molar-refractivity contribution >= 4 is 28.4 Å². The van der Waals surface area contributed by atoms with E-state index in [2.05, 4.69) is 4.90 Å². The fraction of sp³-hybridized carbons (Fsp3) is 0.290. The maximum absolute atomic E-state index is 14.5. The highest BCUT2D eigenvalue weighted by Crippen LogP contribution is 2.62. The first kappa shape index (κ1) is 21.9. The van der Waals surface area contributed by atoms with Gasteiger partial charge in [0.15, 0.2) is 0 Å². The molecule has 0 N–H and O–H groups in total. The van der Waals surface area contributed by atoms with Crippen LogP contribution < -0.4 is 10.5 Å². The molecule has 0 aliphatic carbocycles. The molecule has 1 aromatic heterocycles. The summed E-state index contributed by atoms with van der Waals surface area (Å²) in [6, 6.07) is 20.9. The highest BCUT2D eigenvalue weighted by molar-refractivity contribution is 6.23. The third-order valence-electron chi connectivity index (χ3n) is 9.39. The maximum Gasteiger partial charge on any atom is 0.266 e. The zero-order valence-corrected chi connectivity index (χ0v) is 21.2. The van der Waals surface area contributed by atoms with E-state index in [9.17, 15) is 14.4 Å². The van der Waals surface area contributed by atoms with Crippen molar-refractivity contribution in [1.29, 1.82) is 0 Å². The molecule has 8 rings (SSSR count). The van der Waals surface area contributed by atoms with Crippen molar-refractivity contribution in [3.05, 3.63) is 99.6 Å². The Bertz CT molecular complexity index is 1790. The van der Waals surface area contributed by atoms with Gasteiger partial charge in [-0.15, -0.1) is 0 Å². The monoisotopic (exact) mass is 502 g/mol. The van der Waals surface area contributed by atoms with Crippen LogP contribution in [0.15, 0.2) is 71.5 Å². The Hall–Kier alpha value is -4.10. The predicted octanol–water partition coefficient (Wildman–Crippen LogP) is 3.84. The molecular formula is C31H26N4O3. The highest BCUT2D eigenvalue weighted by atomic mass is 16.2. The molecule has 2 amide bonds. The second-order valence-electron chi connectivity index (χ2n) is 11.1. The second kappa shape index (κ2) is 7.26. The number of carbonyl (C=O) groups is 2. The normalized spacial score (nSPS) is 27.3. The van der Waals surface area contributed by atoms with Crippen LogP contribution in [0.2, 0.25) is 0 Å². The molecule has 1 spiro atoms. The van der Waals surface area contributed by atoms with Crippen LogP contribution in [0.25, 0.3) is 16.6 Å². The third kappa shape index (κ3) is 2.39. The molecule has 3 aromatic carbocycles. The number of fused-ring (bicyclic) bond motifs is 11. The van der Waals surface area contributed by atoms with Crippen LogP contribution in [0.1, 0.15) is 35.4 Å². The largest absolute Gasteiger partial charge is 0.283 e. The molecule has 0 saturated carbocycles. The van der Waals surface area contributed by atoms with Gasteiger partial charge in [-0.05, 0) is 74.7 Å². The van der Waals surface area contributed by atoms with Crippen molar-refractivity contribution in [2.75, 3.05) is 11.4 Å². The molecule has 7 heteroatoms. The van der Waals surface area contributed by atoms with Gasteiger partial charge in [0, 0.05) is 11.6 Å². The van der Waals surface area contributed by atoms with Gasteiger partial charge in [0.2, 0.25) is 11.8 Å². The van der Waals surface area contributed by atoms with Crippen LogP contribution in [0.3, 0.4) is 0 Å². The number of benzene rings is 3. The van der Waals surface area contributed by atoms with E-state index in [-0.39, 0.29) is 23.4 Å². The highest BCUT2D eigenvalue weighted by Gasteiger charge is 2.73. The summed E-state index contributed by atoms with van der Waals surface area (Å²) in [5, 5.41) is 0.543. The van der Waals surface area contributed by atoms with Crippen LogP contribution >= 0.6 is 0 Å². The summed E-state index contributed by atoms with van der Waals surface area (Å²) in [7, 11) is 0. The minimum Gasteiger partial charge on any atom is -0.283 e. The number of imide groups is 1. The summed E-state index contributed by atoms with van der Waals surface area (Å²) in [6.45, 7) is 4.77. The van der Waals surface area contributed by atoms with Crippen molar-refractivity contribution in [1.82, 2.24) is 14.5 Å². The fourth-order valence-electron chi connectivity index (χ4n) is 7.73. The molecule has 4 aromatic rings. The van der Waals surface area contributed by atoms with Gasteiger partial charge in [-0.25, -0.2) is 9.88 Å². The van der Waals surface area contributed by atoms with Crippen molar-refractivity contribution in [3.63, 3.8) is 0 Å². The SMILES string of the molecule is Cc1ccc(N2C(=O)[C@H]3[C@H]4CCCN4[C@@]4(c5ccccc5-n5c4nc4ccccc4c5=O)[C@H]3C2=O)cc1C. The first-order valence-electron chi connectivity index (χ1n) is 13.3. The van der Waals surface area contributed by atoms with Crippen LogP contribution in [0, 0.1) is 25.7 Å². The quantitative estimate of drug-likeness (QED) is 0.370. The van der Waals surface area contributed by atoms with Crippen molar-refractivity contribution in [2.24, 2.45) is 11.8 Å². The first-order valence-corrected chi connectivity index (χ1v) is 13.3. The lowest BCUT2D eigenvalue weighted by Gasteiger charge is -2.38. The topological polar surface area (TPSA) is 75.5 Å². The van der Waals surface area contributed by atoms with Gasteiger partial charge in [0.1, 0.15) is 11.4 Å². The summed E-state index contributed by atoms with van der Waals surface area (Å²) in [4.78, 5) is 51.5. The lowest BCUT2D eigenvalue weighted by molar-refractivity contribution is -0.124. The number of carbonyl (C=O) groups excluding carboxylic acids is 2. The number of rotatable bonds is 1. The second-order valence-corrected chi connectivity index (χ2v) is 11.1. The molecule has 3 saturated heterocycles. The summed E-state index contributed by atoms with van der Waals surface area (Å²) >= 11 is 0. The number of aryl methyl sites for hydroxylation is 2. The molecule has 188 valence electrons. The first-order chi connectivity index (χ1) is 18.4. The van der Waals surface area contributed by atoms with Crippen LogP contribution in [0.4, 0.5) is 5.69 Å². The van der Waals surface area contributed by atoms with Gasteiger partial charge < -0.3 is 0 Å². The summed E-state index contributed by atoms with van der Waals surface area (Å²) in [5.41, 5.74) is 3.90. The number of nitrogens with zero attached hydrogens (tertiary/aromatic N) is 4. The zero-order valence-electron chi connectivity index (χ0n) is 21.2. The number of para-hydroxylation sites is 2. The standard InChI is InChI=1S/C31H26N4O3/c1-17-13-14-19(16-18(17)2)34-28(37)25-24-12-7-15-33(24)31(26(25)29(34)38)21-9-4-6-11-23(21)35-27(36)20-8-3-5-10-22(20)32-30(31)35/h3-6,8-11,13-14,16,24-26H,7,12,15H2,1-2H3/t24-,25+,26-,31+/m1/s1. The Morgan fingerprint density at radius 3 is 2.53 bits per heavy atom. The molecule has 5 heterocycles. The maximum atomic E-state index is 14.5. The van der Waals surface area contributed by atoms with Crippen molar-refractivity contribution in [2.45, 2.75) is 38.3 Å². The fourth-order valence-corrected chi connectivity index (χ4v) is 7.73. The molecule has 7 nitrogen and oxygen atoms in total. The minimum absolute atomic E-state index is 0.0871. The van der Waals surface area contributed by atoms with Crippen LogP contribution in [0.5, 0.6) is 0 Å². The van der Waals surface area contributed by atoms with E-state index in [0.29, 0.717) is 22.4 Å². The number of hydrogen-bond acceptors (Lipinski definition) is 5. The van der Waals surface area contributed by atoms with Crippen molar-refractivity contribution < 1.29 is 9.59 Å². The molecule has 38 heavy (non-hydrogen) atoms. The average Bonchev–Trinajstić information content (AvgIpc) is 3.63. The van der Waals surface area contributed by atoms with E-state index in [4.69, 9.17) is 4.98 Å². The van der Waals surface area contributed by atoms with E-state index in [1.54, 1.807) is 10.6 Å². The smallest absolute Gasteiger partial charge is 0.266 e.